The van der Waals surface area contributed by atoms with E-state index in [1.807, 2.05) is 0 Å². The molecule has 0 saturated carbocycles. The summed E-state index contributed by atoms with van der Waals surface area (Å²) in [5.41, 5.74) is 4.90. The smallest absolute Gasteiger partial charge is 0.399 e. The van der Waals surface area contributed by atoms with Crippen LogP contribution in [0.3, 0.4) is 0 Å². The summed E-state index contributed by atoms with van der Waals surface area (Å²) >= 11 is 3.17. The van der Waals surface area contributed by atoms with Crippen molar-refractivity contribution in [2.24, 2.45) is 0 Å². The summed E-state index contributed by atoms with van der Waals surface area (Å²) in [6.07, 6.45) is -4.48. The second kappa shape index (κ2) is 5.75. The lowest BCUT2D eigenvalue weighted by Crippen LogP contribution is -2.48. The fraction of sp³-hybridized carbons (Fsp3) is 0.462. The first-order valence-electron chi connectivity index (χ1n) is 6.37. The first kappa shape index (κ1) is 15.9. The molecular formula is C13H15BrF3N3O. The van der Waals surface area contributed by atoms with Gasteiger partial charge in [-0.1, -0.05) is 0 Å². The first-order valence-corrected chi connectivity index (χ1v) is 7.16. The molecule has 0 aliphatic carbocycles. The number of carbonyl (C=O) groups excluding carboxylic acids is 1. The molecule has 0 aromatic heterocycles. The van der Waals surface area contributed by atoms with Gasteiger partial charge in [-0.25, -0.2) is 0 Å². The molecule has 1 aliphatic rings. The summed E-state index contributed by atoms with van der Waals surface area (Å²) in [7, 11) is 0. The number of anilines is 2. The largest absolute Gasteiger partial charge is 0.418 e. The summed E-state index contributed by atoms with van der Waals surface area (Å²) in [6, 6.07) is 2.40. The average molecular weight is 366 g/mol. The predicted octanol–water partition coefficient (Wildman–Crippen LogP) is 2.72. The topological polar surface area (TPSA) is 49.6 Å². The van der Waals surface area contributed by atoms with Crippen molar-refractivity contribution in [1.29, 1.82) is 0 Å². The molecule has 0 atom stereocenters. The maximum absolute atomic E-state index is 13.2. The van der Waals surface area contributed by atoms with E-state index in [-0.39, 0.29) is 17.3 Å². The SMILES string of the molecule is CC(=O)N1CCN(c2c(Br)cc(N)cc2C(F)(F)F)CC1. The van der Waals surface area contributed by atoms with Gasteiger partial charge in [-0.05, 0) is 28.1 Å². The number of alkyl halides is 3. The van der Waals surface area contributed by atoms with Crippen molar-refractivity contribution in [2.45, 2.75) is 13.1 Å². The summed E-state index contributed by atoms with van der Waals surface area (Å²) < 4.78 is 39.9. The normalized spacial score (nSPS) is 16.2. The number of halogens is 4. The Morgan fingerprint density at radius 3 is 2.29 bits per heavy atom. The van der Waals surface area contributed by atoms with Gasteiger partial charge >= 0.3 is 6.18 Å². The maximum atomic E-state index is 13.2. The number of nitrogens with two attached hydrogens (primary N) is 1. The molecule has 116 valence electrons. The van der Waals surface area contributed by atoms with E-state index < -0.39 is 11.7 Å². The highest BCUT2D eigenvalue weighted by Gasteiger charge is 2.37. The Kier molecular flexibility index (Phi) is 4.36. The molecule has 1 aliphatic heterocycles. The molecule has 1 aromatic rings. The Balaban J connectivity index is 2.34. The van der Waals surface area contributed by atoms with Crippen LogP contribution in [0.25, 0.3) is 0 Å². The summed E-state index contributed by atoms with van der Waals surface area (Å²) in [5, 5.41) is 0. The number of hydrogen-bond donors (Lipinski definition) is 1. The van der Waals surface area contributed by atoms with Gasteiger partial charge in [0.1, 0.15) is 0 Å². The molecule has 0 spiro atoms. The molecule has 4 nitrogen and oxygen atoms in total. The van der Waals surface area contributed by atoms with E-state index in [0.717, 1.165) is 6.07 Å². The van der Waals surface area contributed by atoms with Crippen LogP contribution in [0.15, 0.2) is 16.6 Å². The minimum Gasteiger partial charge on any atom is -0.399 e. The van der Waals surface area contributed by atoms with Crippen LogP contribution in [-0.2, 0) is 11.0 Å². The zero-order valence-corrected chi connectivity index (χ0v) is 13.0. The van der Waals surface area contributed by atoms with E-state index in [1.165, 1.54) is 13.0 Å². The van der Waals surface area contributed by atoms with E-state index in [4.69, 9.17) is 5.73 Å². The van der Waals surface area contributed by atoms with Crippen LogP contribution in [0.4, 0.5) is 24.5 Å². The fourth-order valence-corrected chi connectivity index (χ4v) is 3.13. The van der Waals surface area contributed by atoms with Crippen molar-refractivity contribution in [3.63, 3.8) is 0 Å². The summed E-state index contributed by atoms with van der Waals surface area (Å²) in [4.78, 5) is 14.5. The summed E-state index contributed by atoms with van der Waals surface area (Å²) in [6.45, 7) is 2.97. The van der Waals surface area contributed by atoms with Crippen molar-refractivity contribution in [3.05, 3.63) is 22.2 Å². The number of benzene rings is 1. The third-order valence-electron chi connectivity index (χ3n) is 3.43. The molecule has 21 heavy (non-hydrogen) atoms. The predicted molar refractivity (Wildman–Crippen MR) is 78.0 cm³/mol. The lowest BCUT2D eigenvalue weighted by atomic mass is 10.1. The van der Waals surface area contributed by atoms with Gasteiger partial charge in [0.05, 0.1) is 11.3 Å². The van der Waals surface area contributed by atoms with E-state index in [1.54, 1.807) is 9.80 Å². The van der Waals surface area contributed by atoms with Crippen LogP contribution >= 0.6 is 15.9 Å². The van der Waals surface area contributed by atoms with Crippen LogP contribution in [0.1, 0.15) is 12.5 Å². The van der Waals surface area contributed by atoms with Crippen molar-refractivity contribution in [2.75, 3.05) is 36.8 Å². The van der Waals surface area contributed by atoms with E-state index in [2.05, 4.69) is 15.9 Å². The number of hydrogen-bond acceptors (Lipinski definition) is 3. The minimum absolute atomic E-state index is 0.0559. The molecule has 2 rings (SSSR count). The van der Waals surface area contributed by atoms with Gasteiger partial charge in [0.15, 0.2) is 0 Å². The molecule has 1 amide bonds. The van der Waals surface area contributed by atoms with Gasteiger partial charge in [-0.2, -0.15) is 13.2 Å². The van der Waals surface area contributed by atoms with Gasteiger partial charge in [0.25, 0.3) is 0 Å². The van der Waals surface area contributed by atoms with Crippen LogP contribution in [0.5, 0.6) is 0 Å². The van der Waals surface area contributed by atoms with Crippen LogP contribution in [0, 0.1) is 0 Å². The van der Waals surface area contributed by atoms with Gasteiger partial charge in [0.2, 0.25) is 5.91 Å². The highest BCUT2D eigenvalue weighted by molar-refractivity contribution is 9.10. The molecular weight excluding hydrogens is 351 g/mol. The molecule has 1 fully saturated rings. The molecule has 8 heteroatoms. The van der Waals surface area contributed by atoms with Crippen LogP contribution in [0.2, 0.25) is 0 Å². The van der Waals surface area contributed by atoms with Crippen molar-refractivity contribution in [3.8, 4) is 0 Å². The number of nitrogen functional groups attached to an aromatic ring is 1. The molecule has 2 N–H and O–H groups in total. The molecule has 0 radical (unpaired) electrons. The van der Waals surface area contributed by atoms with Crippen LogP contribution in [-0.4, -0.2) is 37.0 Å². The molecule has 1 aromatic carbocycles. The van der Waals surface area contributed by atoms with Gasteiger partial charge in [-0.15, -0.1) is 0 Å². The number of nitrogens with zero attached hydrogens (tertiary/aromatic N) is 2. The minimum atomic E-state index is -4.48. The van der Waals surface area contributed by atoms with Gasteiger partial charge in [-0.3, -0.25) is 4.79 Å². The van der Waals surface area contributed by atoms with Crippen molar-refractivity contribution in [1.82, 2.24) is 4.90 Å². The van der Waals surface area contributed by atoms with E-state index in [0.29, 0.717) is 30.7 Å². The molecule has 1 heterocycles. The summed E-state index contributed by atoms with van der Waals surface area (Å²) in [5.74, 6) is -0.0675. The number of piperazine rings is 1. The molecule has 1 saturated heterocycles. The highest BCUT2D eigenvalue weighted by atomic mass is 79.9. The molecule has 0 bridgehead atoms. The Labute approximate surface area is 128 Å². The Morgan fingerprint density at radius 2 is 1.81 bits per heavy atom. The number of amides is 1. The second-order valence-electron chi connectivity index (χ2n) is 4.89. The van der Waals surface area contributed by atoms with Crippen molar-refractivity contribution >= 4 is 33.2 Å². The third kappa shape index (κ3) is 3.42. The fourth-order valence-electron chi connectivity index (χ4n) is 2.40. The Bertz CT molecular complexity index is 554. The van der Waals surface area contributed by atoms with Gasteiger partial charge in [0, 0.05) is 43.3 Å². The van der Waals surface area contributed by atoms with E-state index in [9.17, 15) is 18.0 Å². The maximum Gasteiger partial charge on any atom is 0.418 e. The monoisotopic (exact) mass is 365 g/mol. The number of carbonyl (C=O) groups is 1. The Morgan fingerprint density at radius 1 is 1.24 bits per heavy atom. The average Bonchev–Trinajstić information content (AvgIpc) is 2.37. The van der Waals surface area contributed by atoms with Crippen LogP contribution < -0.4 is 10.6 Å². The Hall–Kier alpha value is -1.44. The van der Waals surface area contributed by atoms with Crippen molar-refractivity contribution < 1.29 is 18.0 Å². The van der Waals surface area contributed by atoms with E-state index >= 15 is 0 Å². The standard InChI is InChI=1S/C13H15BrF3N3O/c1-8(21)19-2-4-20(5-3-19)12-10(13(15,16)17)6-9(18)7-11(12)14/h6-7H,2-5,18H2,1H3. The first-order chi connectivity index (χ1) is 9.70. The highest BCUT2D eigenvalue weighted by Crippen LogP contribution is 2.42. The molecule has 0 unspecified atom stereocenters. The second-order valence-corrected chi connectivity index (χ2v) is 5.74. The lowest BCUT2D eigenvalue weighted by Gasteiger charge is -2.37. The van der Waals surface area contributed by atoms with Gasteiger partial charge < -0.3 is 15.5 Å². The lowest BCUT2D eigenvalue weighted by molar-refractivity contribution is -0.137. The third-order valence-corrected chi connectivity index (χ3v) is 4.04. The zero-order valence-electron chi connectivity index (χ0n) is 11.4. The quantitative estimate of drug-likeness (QED) is 0.778. The zero-order chi connectivity index (χ0) is 15.8. The number of rotatable bonds is 1.